The summed E-state index contributed by atoms with van der Waals surface area (Å²) in [6.45, 7) is 10.7. The molecule has 206 valence electrons. The van der Waals surface area contributed by atoms with Crippen molar-refractivity contribution >= 4 is 30.5 Å². The van der Waals surface area contributed by atoms with Crippen LogP contribution in [0.1, 0.15) is 52.8 Å². The van der Waals surface area contributed by atoms with E-state index in [1.54, 1.807) is 54.7 Å². The Kier molecular flexibility index (Phi) is 10.1. The molecule has 3 rings (SSSR count). The molecule has 0 radical (unpaired) electrons. The lowest BCUT2D eigenvalue weighted by atomic mass is 10.0. The summed E-state index contributed by atoms with van der Waals surface area (Å²) < 4.78 is 16.8. The normalized spacial score (nSPS) is 12.9. The van der Waals surface area contributed by atoms with Crippen LogP contribution in [0.25, 0.3) is 0 Å². The molecule has 1 atom stereocenters. The second-order valence-electron chi connectivity index (χ2n) is 11.2. The first-order valence-electron chi connectivity index (χ1n) is 13.1. The van der Waals surface area contributed by atoms with Gasteiger partial charge in [0, 0.05) is 5.66 Å². The van der Waals surface area contributed by atoms with Crippen LogP contribution in [0, 0.1) is 5.92 Å². The molecule has 5 nitrogen and oxygen atoms in total. The molecule has 0 bridgehead atoms. The standard InChI is InChI=1S/C33H39O5P/c1-32(2,3)37-30(34)28(31(35)38-33(4,5)6)21-22-29(24-15-14-16-25(23-24)36-7)39(26-17-10-8-11-18-26)27-19-12-9-13-20-27/h8-23,28-29H,1-7H3/b22-21+. The Morgan fingerprint density at radius 1 is 0.692 bits per heavy atom. The molecule has 0 aromatic heterocycles. The molecule has 3 aromatic carbocycles. The van der Waals surface area contributed by atoms with Crippen molar-refractivity contribution in [3.05, 3.63) is 103 Å². The highest BCUT2D eigenvalue weighted by atomic mass is 31.1. The average Bonchev–Trinajstić information content (AvgIpc) is 2.87. The van der Waals surface area contributed by atoms with Gasteiger partial charge in [0.05, 0.1) is 7.11 Å². The lowest BCUT2D eigenvalue weighted by molar-refractivity contribution is -0.171. The van der Waals surface area contributed by atoms with Crippen molar-refractivity contribution < 1.29 is 23.8 Å². The van der Waals surface area contributed by atoms with E-state index < -0.39 is 37.0 Å². The summed E-state index contributed by atoms with van der Waals surface area (Å²) in [4.78, 5) is 26.5. The highest BCUT2D eigenvalue weighted by molar-refractivity contribution is 7.73. The van der Waals surface area contributed by atoms with Crippen molar-refractivity contribution in [1.82, 2.24) is 0 Å². The minimum Gasteiger partial charge on any atom is -0.497 e. The third kappa shape index (κ3) is 9.07. The van der Waals surface area contributed by atoms with Gasteiger partial charge in [-0.1, -0.05) is 84.9 Å². The van der Waals surface area contributed by atoms with Gasteiger partial charge in [-0.05, 0) is 77.8 Å². The van der Waals surface area contributed by atoms with Crippen LogP contribution in [0.5, 0.6) is 5.75 Å². The second kappa shape index (κ2) is 13.1. The SMILES string of the molecule is COc1cccc(C(/C=C/C(C(=O)OC(C)(C)C)C(=O)OC(C)(C)C)P(c2ccccc2)c2ccccc2)c1. The number of carbonyl (C=O) groups is 2. The monoisotopic (exact) mass is 546 g/mol. The molecule has 39 heavy (non-hydrogen) atoms. The first kappa shape index (κ1) is 30.1. The van der Waals surface area contributed by atoms with E-state index in [-0.39, 0.29) is 5.66 Å². The highest BCUT2D eigenvalue weighted by Crippen LogP contribution is 2.51. The van der Waals surface area contributed by atoms with E-state index in [0.717, 1.165) is 11.3 Å². The number of hydrogen-bond donors (Lipinski definition) is 0. The number of esters is 2. The molecule has 0 N–H and O–H groups in total. The van der Waals surface area contributed by atoms with Crippen LogP contribution in [0.3, 0.4) is 0 Å². The van der Waals surface area contributed by atoms with Crippen molar-refractivity contribution in [2.75, 3.05) is 7.11 Å². The maximum atomic E-state index is 13.3. The number of methoxy groups -OCH3 is 1. The molecule has 0 aliphatic carbocycles. The van der Waals surface area contributed by atoms with Crippen LogP contribution in [0.4, 0.5) is 0 Å². The van der Waals surface area contributed by atoms with E-state index in [1.807, 2.05) is 60.7 Å². The maximum absolute atomic E-state index is 13.3. The zero-order valence-corrected chi connectivity index (χ0v) is 24.8. The number of ether oxygens (including phenoxy) is 3. The number of carbonyl (C=O) groups excluding carboxylic acids is 2. The molecule has 0 spiro atoms. The van der Waals surface area contributed by atoms with E-state index in [4.69, 9.17) is 14.2 Å². The average molecular weight is 547 g/mol. The van der Waals surface area contributed by atoms with Gasteiger partial charge in [0.25, 0.3) is 0 Å². The summed E-state index contributed by atoms with van der Waals surface area (Å²) in [7, 11) is 0.664. The van der Waals surface area contributed by atoms with Crippen molar-refractivity contribution in [2.45, 2.75) is 58.4 Å². The van der Waals surface area contributed by atoms with E-state index in [9.17, 15) is 9.59 Å². The molecule has 0 saturated carbocycles. The lowest BCUT2D eigenvalue weighted by Gasteiger charge is -2.28. The quantitative estimate of drug-likeness (QED) is 0.129. The molecule has 0 aliphatic heterocycles. The lowest BCUT2D eigenvalue weighted by Crippen LogP contribution is -2.36. The van der Waals surface area contributed by atoms with Gasteiger partial charge in [0.15, 0.2) is 5.92 Å². The molecule has 0 amide bonds. The van der Waals surface area contributed by atoms with Crippen molar-refractivity contribution in [3.8, 4) is 5.75 Å². The van der Waals surface area contributed by atoms with E-state index >= 15 is 0 Å². The van der Waals surface area contributed by atoms with Gasteiger partial charge in [-0.2, -0.15) is 0 Å². The fraction of sp³-hybridized carbons (Fsp3) is 0.333. The molecule has 0 aliphatic rings. The fourth-order valence-corrected chi connectivity index (χ4v) is 6.68. The zero-order valence-electron chi connectivity index (χ0n) is 23.9. The Labute approximate surface area is 233 Å². The fourth-order valence-electron chi connectivity index (χ4n) is 4.02. The Bertz CT molecular complexity index is 1190. The molecule has 0 heterocycles. The van der Waals surface area contributed by atoms with Crippen LogP contribution in [-0.2, 0) is 19.1 Å². The van der Waals surface area contributed by atoms with Gasteiger partial charge in [-0.3, -0.25) is 9.59 Å². The number of rotatable bonds is 9. The third-order valence-corrected chi connectivity index (χ3v) is 8.33. The molecular formula is C33H39O5P. The minimum absolute atomic E-state index is 0.174. The third-order valence-electron chi connectivity index (χ3n) is 5.59. The predicted molar refractivity (Wildman–Crippen MR) is 159 cm³/mol. The molecular weight excluding hydrogens is 507 g/mol. The zero-order chi connectivity index (χ0) is 28.6. The predicted octanol–water partition coefficient (Wildman–Crippen LogP) is 6.73. The highest BCUT2D eigenvalue weighted by Gasteiger charge is 2.34. The molecule has 1 unspecified atom stereocenters. The first-order valence-corrected chi connectivity index (χ1v) is 14.5. The summed E-state index contributed by atoms with van der Waals surface area (Å²) in [6.07, 6.45) is 3.60. The Morgan fingerprint density at radius 3 is 1.62 bits per heavy atom. The van der Waals surface area contributed by atoms with Crippen LogP contribution in [-0.4, -0.2) is 30.3 Å². The second-order valence-corrected chi connectivity index (χ2v) is 13.5. The summed E-state index contributed by atoms with van der Waals surface area (Å²) in [5.41, 5.74) is -0.667. The van der Waals surface area contributed by atoms with E-state index in [2.05, 4.69) is 30.3 Å². The van der Waals surface area contributed by atoms with Gasteiger partial charge in [0.2, 0.25) is 0 Å². The van der Waals surface area contributed by atoms with E-state index in [1.165, 1.54) is 10.6 Å². The van der Waals surface area contributed by atoms with Gasteiger partial charge >= 0.3 is 11.9 Å². The first-order chi connectivity index (χ1) is 18.4. The van der Waals surface area contributed by atoms with Crippen molar-refractivity contribution in [3.63, 3.8) is 0 Å². The number of allylic oxidation sites excluding steroid dienone is 1. The number of hydrogen-bond acceptors (Lipinski definition) is 5. The van der Waals surface area contributed by atoms with Crippen LogP contribution >= 0.6 is 7.92 Å². The summed E-state index contributed by atoms with van der Waals surface area (Å²) in [5.74, 6) is -1.75. The number of benzene rings is 3. The largest absolute Gasteiger partial charge is 0.497 e. The van der Waals surface area contributed by atoms with Crippen LogP contribution in [0.15, 0.2) is 97.1 Å². The van der Waals surface area contributed by atoms with Gasteiger partial charge in [-0.25, -0.2) is 0 Å². The summed E-state index contributed by atoms with van der Waals surface area (Å²) >= 11 is 0. The van der Waals surface area contributed by atoms with Gasteiger partial charge < -0.3 is 14.2 Å². The summed E-state index contributed by atoms with van der Waals surface area (Å²) in [6, 6.07) is 28.5. The molecule has 0 saturated heterocycles. The maximum Gasteiger partial charge on any atom is 0.324 e. The Hall–Kier alpha value is -3.43. The summed E-state index contributed by atoms with van der Waals surface area (Å²) in [5, 5.41) is 2.34. The van der Waals surface area contributed by atoms with Crippen molar-refractivity contribution in [2.24, 2.45) is 5.92 Å². The minimum atomic E-state index is -1.21. The smallest absolute Gasteiger partial charge is 0.324 e. The van der Waals surface area contributed by atoms with Crippen LogP contribution in [0.2, 0.25) is 0 Å². The van der Waals surface area contributed by atoms with Crippen LogP contribution < -0.4 is 15.3 Å². The topological polar surface area (TPSA) is 61.8 Å². The van der Waals surface area contributed by atoms with Gasteiger partial charge in [0.1, 0.15) is 17.0 Å². The molecule has 3 aromatic rings. The molecule has 6 heteroatoms. The van der Waals surface area contributed by atoms with E-state index in [0.29, 0.717) is 0 Å². The Morgan fingerprint density at radius 2 is 1.18 bits per heavy atom. The Balaban J connectivity index is 2.17. The molecule has 0 fully saturated rings. The van der Waals surface area contributed by atoms with Gasteiger partial charge in [-0.15, -0.1) is 0 Å². The van der Waals surface area contributed by atoms with Crippen molar-refractivity contribution in [1.29, 1.82) is 0 Å².